The van der Waals surface area contributed by atoms with Gasteiger partial charge >= 0.3 is 0 Å². The van der Waals surface area contributed by atoms with Crippen LogP contribution in [0, 0.1) is 6.92 Å². The van der Waals surface area contributed by atoms with Crippen LogP contribution in [0.3, 0.4) is 0 Å². The van der Waals surface area contributed by atoms with Crippen LogP contribution in [-0.2, 0) is 9.47 Å². The van der Waals surface area contributed by atoms with E-state index in [1.54, 1.807) is 26.2 Å². The number of aryl methyl sites for hydroxylation is 1. The number of rotatable bonds is 6. The zero-order chi connectivity index (χ0) is 17.8. The van der Waals surface area contributed by atoms with Gasteiger partial charge in [0, 0.05) is 38.3 Å². The Kier molecular flexibility index (Phi) is 5.45. The highest BCUT2D eigenvalue weighted by molar-refractivity contribution is 5.95. The lowest BCUT2D eigenvalue weighted by Crippen LogP contribution is -2.45. The first-order chi connectivity index (χ1) is 12.1. The molecule has 2 atom stereocenters. The highest BCUT2D eigenvalue weighted by Crippen LogP contribution is 2.24. The minimum Gasteiger partial charge on any atom is -0.421 e. The van der Waals surface area contributed by atoms with Crippen LogP contribution >= 0.6 is 0 Å². The molecule has 2 aromatic rings. The van der Waals surface area contributed by atoms with Crippen LogP contribution in [0.15, 0.2) is 28.7 Å². The summed E-state index contributed by atoms with van der Waals surface area (Å²) in [4.78, 5) is 15.0. The molecule has 0 saturated carbocycles. The van der Waals surface area contributed by atoms with Crippen molar-refractivity contribution >= 4 is 5.91 Å². The van der Waals surface area contributed by atoms with Crippen molar-refractivity contribution in [3.8, 4) is 11.5 Å². The quantitative estimate of drug-likeness (QED) is 0.799. The van der Waals surface area contributed by atoms with E-state index in [9.17, 15) is 4.79 Å². The topological polar surface area (TPSA) is 77.7 Å². The van der Waals surface area contributed by atoms with Crippen molar-refractivity contribution in [1.29, 1.82) is 0 Å². The highest BCUT2D eigenvalue weighted by Gasteiger charge is 2.33. The molecule has 0 spiro atoms. The molecule has 1 fully saturated rings. The summed E-state index contributed by atoms with van der Waals surface area (Å²) in [5, 5.41) is 7.86. The molecular weight excluding hydrogens is 322 g/mol. The van der Waals surface area contributed by atoms with E-state index in [1.165, 1.54) is 0 Å². The molecule has 1 aromatic heterocycles. The summed E-state index contributed by atoms with van der Waals surface area (Å²) in [7, 11) is 1.63. The Hall–Kier alpha value is -2.25. The van der Waals surface area contributed by atoms with Gasteiger partial charge in [-0.2, -0.15) is 0 Å². The van der Waals surface area contributed by atoms with Crippen molar-refractivity contribution in [2.45, 2.75) is 32.4 Å². The Labute approximate surface area is 146 Å². The lowest BCUT2D eigenvalue weighted by molar-refractivity contribution is 0.0425. The van der Waals surface area contributed by atoms with Gasteiger partial charge < -0.3 is 18.8 Å². The zero-order valence-electron chi connectivity index (χ0n) is 14.8. The van der Waals surface area contributed by atoms with Gasteiger partial charge in [0.2, 0.25) is 11.8 Å². The number of hydrogen-bond donors (Lipinski definition) is 0. The molecule has 1 aliphatic heterocycles. The van der Waals surface area contributed by atoms with Crippen molar-refractivity contribution < 1.29 is 18.7 Å². The van der Waals surface area contributed by atoms with Gasteiger partial charge in [0.25, 0.3) is 5.91 Å². The van der Waals surface area contributed by atoms with Crippen molar-refractivity contribution in [2.75, 3.05) is 26.9 Å². The Bertz CT molecular complexity index is 731. The summed E-state index contributed by atoms with van der Waals surface area (Å²) in [6.07, 6.45) is 0.849. The maximum Gasteiger partial charge on any atom is 0.254 e. The average molecular weight is 345 g/mol. The maximum absolute atomic E-state index is 13.1. The van der Waals surface area contributed by atoms with Gasteiger partial charge in [0.15, 0.2) is 0 Å². The van der Waals surface area contributed by atoms with Crippen LogP contribution in [0.25, 0.3) is 11.5 Å². The second-order valence-corrected chi connectivity index (χ2v) is 6.13. The number of methoxy groups -OCH3 is 1. The van der Waals surface area contributed by atoms with E-state index < -0.39 is 0 Å². The molecule has 7 heteroatoms. The molecule has 1 saturated heterocycles. The number of hydrogen-bond acceptors (Lipinski definition) is 6. The van der Waals surface area contributed by atoms with Crippen molar-refractivity contribution in [3.05, 3.63) is 35.7 Å². The van der Waals surface area contributed by atoms with Gasteiger partial charge in [0.05, 0.1) is 18.8 Å². The fourth-order valence-electron chi connectivity index (χ4n) is 3.10. The third kappa shape index (κ3) is 3.88. The van der Waals surface area contributed by atoms with Crippen LogP contribution in [0.4, 0.5) is 0 Å². The highest BCUT2D eigenvalue weighted by atomic mass is 16.5. The Morgan fingerprint density at radius 3 is 2.88 bits per heavy atom. The molecular formula is C18H23N3O4. The summed E-state index contributed by atoms with van der Waals surface area (Å²) in [6, 6.07) is 7.32. The van der Waals surface area contributed by atoms with Crippen molar-refractivity contribution in [3.63, 3.8) is 0 Å². The third-order valence-corrected chi connectivity index (χ3v) is 4.42. The Morgan fingerprint density at radius 1 is 1.40 bits per heavy atom. The average Bonchev–Trinajstić information content (AvgIpc) is 3.24. The minimum absolute atomic E-state index is 0.0163. The molecule has 0 N–H and O–H groups in total. The van der Waals surface area contributed by atoms with Crippen molar-refractivity contribution in [2.24, 2.45) is 0 Å². The summed E-state index contributed by atoms with van der Waals surface area (Å²) < 4.78 is 16.3. The molecule has 0 aliphatic carbocycles. The van der Waals surface area contributed by atoms with Crippen LogP contribution in [-0.4, -0.2) is 60.0 Å². The molecule has 25 heavy (non-hydrogen) atoms. The molecule has 2 heterocycles. The molecule has 1 aliphatic rings. The van der Waals surface area contributed by atoms with Crippen LogP contribution in [0.1, 0.15) is 29.6 Å². The van der Waals surface area contributed by atoms with Gasteiger partial charge in [-0.25, -0.2) is 0 Å². The lowest BCUT2D eigenvalue weighted by Gasteiger charge is -2.30. The monoisotopic (exact) mass is 345 g/mol. The van der Waals surface area contributed by atoms with Crippen LogP contribution in [0.2, 0.25) is 0 Å². The van der Waals surface area contributed by atoms with E-state index >= 15 is 0 Å². The van der Waals surface area contributed by atoms with Crippen molar-refractivity contribution in [1.82, 2.24) is 15.1 Å². The van der Waals surface area contributed by atoms with E-state index in [0.717, 1.165) is 12.0 Å². The largest absolute Gasteiger partial charge is 0.421 e. The summed E-state index contributed by atoms with van der Waals surface area (Å²) in [6.45, 7) is 5.42. The fraction of sp³-hybridized carbons (Fsp3) is 0.500. The van der Waals surface area contributed by atoms with E-state index in [-0.39, 0.29) is 18.1 Å². The lowest BCUT2D eigenvalue weighted by atomic mass is 10.1. The van der Waals surface area contributed by atoms with E-state index in [4.69, 9.17) is 13.9 Å². The minimum atomic E-state index is -0.0440. The molecule has 0 unspecified atom stereocenters. The molecule has 1 aromatic carbocycles. The first kappa shape index (κ1) is 17.6. The number of nitrogens with zero attached hydrogens (tertiary/aromatic N) is 3. The second kappa shape index (κ2) is 7.76. The van der Waals surface area contributed by atoms with Gasteiger partial charge in [-0.3, -0.25) is 4.79 Å². The van der Waals surface area contributed by atoms with Gasteiger partial charge in [-0.05, 0) is 31.5 Å². The van der Waals surface area contributed by atoms with E-state index in [1.807, 2.05) is 24.0 Å². The molecule has 1 amide bonds. The molecule has 7 nitrogen and oxygen atoms in total. The SMILES string of the molecule is COCCN(C(=O)c1cccc(-c2nnc(C)o2)c1)[C@@H]1CCO[C@@H]1C. The van der Waals surface area contributed by atoms with Gasteiger partial charge in [0.1, 0.15) is 0 Å². The maximum atomic E-state index is 13.1. The third-order valence-electron chi connectivity index (χ3n) is 4.42. The molecule has 0 bridgehead atoms. The Balaban J connectivity index is 1.86. The number of benzene rings is 1. The number of amides is 1. The molecule has 3 rings (SSSR count). The smallest absolute Gasteiger partial charge is 0.254 e. The number of carbonyl (C=O) groups is 1. The van der Waals surface area contributed by atoms with E-state index in [2.05, 4.69) is 10.2 Å². The number of carbonyl (C=O) groups excluding carboxylic acids is 1. The normalized spacial score (nSPS) is 20.0. The second-order valence-electron chi connectivity index (χ2n) is 6.13. The Morgan fingerprint density at radius 2 is 2.24 bits per heavy atom. The van der Waals surface area contributed by atoms with Crippen LogP contribution in [0.5, 0.6) is 0 Å². The fourth-order valence-corrected chi connectivity index (χ4v) is 3.10. The predicted molar refractivity (Wildman–Crippen MR) is 91.2 cm³/mol. The van der Waals surface area contributed by atoms with E-state index in [0.29, 0.717) is 37.1 Å². The molecule has 134 valence electrons. The van der Waals surface area contributed by atoms with Gasteiger partial charge in [-0.15, -0.1) is 10.2 Å². The van der Waals surface area contributed by atoms with Crippen LogP contribution < -0.4 is 0 Å². The first-order valence-corrected chi connectivity index (χ1v) is 8.42. The summed E-state index contributed by atoms with van der Waals surface area (Å²) in [5.74, 6) is 0.857. The van der Waals surface area contributed by atoms with Gasteiger partial charge in [-0.1, -0.05) is 6.07 Å². The number of ether oxygens (including phenoxy) is 2. The standard InChI is InChI=1S/C18H23N3O4/c1-12-16(7-9-24-12)21(8-10-23-3)18(22)15-6-4-5-14(11-15)17-20-19-13(2)25-17/h4-6,11-12,16H,7-10H2,1-3H3/t12-,16-/m1/s1. The predicted octanol–water partition coefficient (Wildman–Crippen LogP) is 2.31. The zero-order valence-corrected chi connectivity index (χ0v) is 14.8. The summed E-state index contributed by atoms with van der Waals surface area (Å²) >= 11 is 0. The first-order valence-electron chi connectivity index (χ1n) is 8.42. The summed E-state index contributed by atoms with van der Waals surface area (Å²) in [5.41, 5.74) is 1.32. The number of aromatic nitrogens is 2. The molecule has 0 radical (unpaired) electrons.